The van der Waals surface area contributed by atoms with E-state index < -0.39 is 0 Å². The molecule has 0 radical (unpaired) electrons. The van der Waals surface area contributed by atoms with E-state index in [0.717, 1.165) is 12.8 Å². The average molecular weight is 160 g/mol. The van der Waals surface area contributed by atoms with Gasteiger partial charge in [-0.3, -0.25) is 4.79 Å². The third-order valence-corrected chi connectivity index (χ3v) is 2.29. The molecule has 0 aromatic carbocycles. The summed E-state index contributed by atoms with van der Waals surface area (Å²) in [7, 11) is 0. The lowest BCUT2D eigenvalue weighted by Gasteiger charge is -2.12. The number of hydrogen-bond acceptors (Lipinski definition) is 3. The van der Waals surface area contributed by atoms with Gasteiger partial charge in [0.2, 0.25) is 0 Å². The summed E-state index contributed by atoms with van der Waals surface area (Å²) >= 11 is 4.10. The molecule has 0 N–H and O–H groups in total. The SMILES string of the molecule is CCC(=O)OC1(CS)CC1. The van der Waals surface area contributed by atoms with Crippen LogP contribution in [-0.2, 0) is 9.53 Å². The van der Waals surface area contributed by atoms with Crippen molar-refractivity contribution in [1.29, 1.82) is 0 Å². The van der Waals surface area contributed by atoms with E-state index in [-0.39, 0.29) is 11.6 Å². The molecule has 3 heteroatoms. The molecule has 0 saturated heterocycles. The van der Waals surface area contributed by atoms with Crippen LogP contribution < -0.4 is 0 Å². The van der Waals surface area contributed by atoms with E-state index in [1.807, 2.05) is 0 Å². The molecule has 0 heterocycles. The van der Waals surface area contributed by atoms with E-state index in [9.17, 15) is 4.79 Å². The summed E-state index contributed by atoms with van der Waals surface area (Å²) < 4.78 is 5.13. The van der Waals surface area contributed by atoms with Gasteiger partial charge < -0.3 is 4.74 Å². The first-order valence-corrected chi connectivity index (χ1v) is 4.18. The average Bonchev–Trinajstić information content (AvgIpc) is 2.70. The first-order chi connectivity index (χ1) is 4.72. The summed E-state index contributed by atoms with van der Waals surface area (Å²) in [5, 5.41) is 0. The molecule has 0 aliphatic heterocycles. The van der Waals surface area contributed by atoms with Crippen molar-refractivity contribution in [2.75, 3.05) is 5.75 Å². The fourth-order valence-electron chi connectivity index (χ4n) is 0.746. The minimum Gasteiger partial charge on any atom is -0.458 e. The minimum absolute atomic E-state index is 0.105. The first-order valence-electron chi connectivity index (χ1n) is 3.55. The fourth-order valence-corrected chi connectivity index (χ4v) is 1.13. The molecule has 0 atom stereocenters. The number of rotatable bonds is 3. The van der Waals surface area contributed by atoms with Crippen molar-refractivity contribution in [3.8, 4) is 0 Å². The second-order valence-electron chi connectivity index (χ2n) is 2.67. The maximum Gasteiger partial charge on any atom is 0.306 e. The summed E-state index contributed by atoms with van der Waals surface area (Å²) in [4.78, 5) is 10.8. The van der Waals surface area contributed by atoms with Crippen molar-refractivity contribution in [1.82, 2.24) is 0 Å². The third-order valence-electron chi connectivity index (χ3n) is 1.71. The van der Waals surface area contributed by atoms with Gasteiger partial charge in [-0.25, -0.2) is 0 Å². The smallest absolute Gasteiger partial charge is 0.306 e. The van der Waals surface area contributed by atoms with E-state index in [2.05, 4.69) is 12.6 Å². The number of ether oxygens (including phenoxy) is 1. The monoisotopic (exact) mass is 160 g/mol. The Morgan fingerprint density at radius 3 is 2.60 bits per heavy atom. The van der Waals surface area contributed by atoms with Gasteiger partial charge in [-0.1, -0.05) is 6.92 Å². The van der Waals surface area contributed by atoms with Crippen LogP contribution in [0.5, 0.6) is 0 Å². The standard InChI is InChI=1S/C7H12O2S/c1-2-6(8)9-7(5-10)3-4-7/h10H,2-5H2,1H3. The van der Waals surface area contributed by atoms with Gasteiger partial charge in [0.25, 0.3) is 0 Å². The van der Waals surface area contributed by atoms with Gasteiger partial charge in [-0.15, -0.1) is 0 Å². The van der Waals surface area contributed by atoms with Crippen molar-refractivity contribution >= 4 is 18.6 Å². The number of carbonyl (C=O) groups excluding carboxylic acids is 1. The third kappa shape index (κ3) is 1.66. The summed E-state index contributed by atoms with van der Waals surface area (Å²) in [5.74, 6) is 0.560. The molecule has 2 nitrogen and oxygen atoms in total. The molecule has 0 unspecified atom stereocenters. The highest BCUT2D eigenvalue weighted by Crippen LogP contribution is 2.40. The van der Waals surface area contributed by atoms with Gasteiger partial charge in [-0.2, -0.15) is 12.6 Å². The largest absolute Gasteiger partial charge is 0.458 e. The Hall–Kier alpha value is -0.180. The molecular weight excluding hydrogens is 148 g/mol. The van der Waals surface area contributed by atoms with Crippen LogP contribution in [0.3, 0.4) is 0 Å². The Morgan fingerprint density at radius 2 is 2.30 bits per heavy atom. The Morgan fingerprint density at radius 1 is 1.70 bits per heavy atom. The second-order valence-corrected chi connectivity index (χ2v) is 2.98. The van der Waals surface area contributed by atoms with Crippen LogP contribution in [0.2, 0.25) is 0 Å². The van der Waals surface area contributed by atoms with E-state index >= 15 is 0 Å². The van der Waals surface area contributed by atoms with Crippen LogP contribution >= 0.6 is 12.6 Å². The summed E-state index contributed by atoms with van der Waals surface area (Å²) in [5.41, 5.74) is -0.170. The highest BCUT2D eigenvalue weighted by Gasteiger charge is 2.45. The molecule has 1 aliphatic rings. The lowest BCUT2D eigenvalue weighted by atomic mass is 10.4. The van der Waals surface area contributed by atoms with Gasteiger partial charge in [0.05, 0.1) is 0 Å². The maximum atomic E-state index is 10.8. The van der Waals surface area contributed by atoms with Gasteiger partial charge >= 0.3 is 5.97 Å². The van der Waals surface area contributed by atoms with Crippen LogP contribution in [0.15, 0.2) is 0 Å². The lowest BCUT2D eigenvalue weighted by Crippen LogP contribution is -2.20. The molecule has 1 rings (SSSR count). The molecule has 1 saturated carbocycles. The lowest BCUT2D eigenvalue weighted by molar-refractivity contribution is -0.149. The number of carbonyl (C=O) groups is 1. The minimum atomic E-state index is -0.170. The zero-order valence-corrected chi connectivity index (χ0v) is 6.99. The predicted molar refractivity (Wildman–Crippen MR) is 42.2 cm³/mol. The Balaban J connectivity index is 2.30. The quantitative estimate of drug-likeness (QED) is 0.499. The van der Waals surface area contributed by atoms with Crippen molar-refractivity contribution in [2.24, 2.45) is 0 Å². The highest BCUT2D eigenvalue weighted by atomic mass is 32.1. The van der Waals surface area contributed by atoms with Gasteiger partial charge in [-0.05, 0) is 12.8 Å². The molecule has 0 aromatic heterocycles. The first kappa shape index (κ1) is 7.92. The van der Waals surface area contributed by atoms with Gasteiger partial charge in [0.1, 0.15) is 5.60 Å². The van der Waals surface area contributed by atoms with Crippen molar-refractivity contribution in [3.63, 3.8) is 0 Å². The number of thiol groups is 1. The summed E-state index contributed by atoms with van der Waals surface area (Å²) in [6, 6.07) is 0. The molecule has 0 bridgehead atoms. The molecule has 0 aromatic rings. The summed E-state index contributed by atoms with van der Waals surface area (Å²) in [6.45, 7) is 1.80. The Kier molecular flexibility index (Phi) is 2.24. The maximum absolute atomic E-state index is 10.8. The van der Waals surface area contributed by atoms with E-state index in [0.29, 0.717) is 12.2 Å². The van der Waals surface area contributed by atoms with Crippen LogP contribution in [0.4, 0.5) is 0 Å². The normalized spacial score (nSPS) is 20.2. The molecule has 0 amide bonds. The summed E-state index contributed by atoms with van der Waals surface area (Å²) in [6.07, 6.45) is 2.44. The van der Waals surface area contributed by atoms with Crippen LogP contribution in [0.25, 0.3) is 0 Å². The van der Waals surface area contributed by atoms with Gasteiger partial charge in [0.15, 0.2) is 0 Å². The molecule has 1 aliphatic carbocycles. The van der Waals surface area contributed by atoms with E-state index in [4.69, 9.17) is 4.74 Å². The van der Waals surface area contributed by atoms with Crippen molar-refractivity contribution < 1.29 is 9.53 Å². The Labute approximate surface area is 66.4 Å². The number of esters is 1. The molecule has 0 spiro atoms. The zero-order chi connectivity index (χ0) is 7.61. The van der Waals surface area contributed by atoms with E-state index in [1.165, 1.54) is 0 Å². The second kappa shape index (κ2) is 2.82. The molecular formula is C7H12O2S. The molecule has 10 heavy (non-hydrogen) atoms. The van der Waals surface area contributed by atoms with Gasteiger partial charge in [0, 0.05) is 12.2 Å². The van der Waals surface area contributed by atoms with Crippen molar-refractivity contribution in [2.45, 2.75) is 31.8 Å². The van der Waals surface area contributed by atoms with Crippen molar-refractivity contribution in [3.05, 3.63) is 0 Å². The molecule has 1 fully saturated rings. The topological polar surface area (TPSA) is 26.3 Å². The number of hydrogen-bond donors (Lipinski definition) is 1. The Bertz CT molecular complexity index is 141. The predicted octanol–water partition coefficient (Wildman–Crippen LogP) is 1.40. The zero-order valence-electron chi connectivity index (χ0n) is 6.09. The molecule has 58 valence electrons. The van der Waals surface area contributed by atoms with Crippen LogP contribution in [0.1, 0.15) is 26.2 Å². The van der Waals surface area contributed by atoms with Crippen LogP contribution in [-0.4, -0.2) is 17.3 Å². The highest BCUT2D eigenvalue weighted by molar-refractivity contribution is 7.80. The fraction of sp³-hybridized carbons (Fsp3) is 0.857. The van der Waals surface area contributed by atoms with Crippen LogP contribution in [0, 0.1) is 0 Å². The van der Waals surface area contributed by atoms with E-state index in [1.54, 1.807) is 6.92 Å².